The monoisotopic (exact) mass is 246 g/mol. The van der Waals surface area contributed by atoms with Crippen molar-refractivity contribution in [2.45, 2.75) is 0 Å². The van der Waals surface area contributed by atoms with Gasteiger partial charge in [0.2, 0.25) is 0 Å². The van der Waals surface area contributed by atoms with Gasteiger partial charge in [-0.2, -0.15) is 0 Å². The van der Waals surface area contributed by atoms with Gasteiger partial charge >= 0.3 is 0 Å². The van der Waals surface area contributed by atoms with Crippen LogP contribution in [0.2, 0.25) is 0 Å². The first-order valence-electron chi connectivity index (χ1n) is 5.78. The zero-order valence-corrected chi connectivity index (χ0v) is 10.3. The van der Waals surface area contributed by atoms with Gasteiger partial charge in [-0.15, -0.1) is 0 Å². The summed E-state index contributed by atoms with van der Waals surface area (Å²) >= 11 is 0. The molecule has 0 aliphatic heterocycles. The van der Waals surface area contributed by atoms with Crippen LogP contribution in [0.15, 0.2) is 55.1 Å². The van der Waals surface area contributed by atoms with E-state index < -0.39 is 0 Å². The predicted molar refractivity (Wildman–Crippen MR) is 76.7 cm³/mol. The van der Waals surface area contributed by atoms with E-state index in [0.717, 1.165) is 16.7 Å². The second-order valence-corrected chi connectivity index (χ2v) is 3.83. The Kier molecular flexibility index (Phi) is 4.17. The molecular weight excluding hydrogens is 235 g/mol. The largest absolute Gasteiger partial charge is 0.207 e. The average Bonchev–Trinajstić information content (AvgIpc) is 2.46. The summed E-state index contributed by atoms with van der Waals surface area (Å²) in [4.78, 5) is 0. The topological polar surface area (TPSA) is 0 Å². The zero-order chi connectivity index (χ0) is 13.5. The molecular formula is C18H11F. The van der Waals surface area contributed by atoms with Gasteiger partial charge < -0.3 is 0 Å². The summed E-state index contributed by atoms with van der Waals surface area (Å²) in [5.74, 6) is 11.1. The molecule has 0 nitrogen and oxygen atoms in total. The summed E-state index contributed by atoms with van der Waals surface area (Å²) in [5.41, 5.74) is 2.71. The molecule has 0 amide bonds. The van der Waals surface area contributed by atoms with E-state index in [2.05, 4.69) is 30.3 Å². The van der Waals surface area contributed by atoms with Gasteiger partial charge in [-0.1, -0.05) is 36.6 Å². The van der Waals surface area contributed by atoms with Crippen molar-refractivity contribution in [3.8, 4) is 23.7 Å². The molecule has 0 bridgehead atoms. The molecule has 1 heteroatoms. The van der Waals surface area contributed by atoms with Gasteiger partial charge in [0.1, 0.15) is 5.82 Å². The highest BCUT2D eigenvalue weighted by atomic mass is 19.1. The fourth-order valence-electron chi connectivity index (χ4n) is 1.44. The predicted octanol–water partition coefficient (Wildman–Crippen LogP) is 3.87. The van der Waals surface area contributed by atoms with Crippen molar-refractivity contribution in [1.82, 2.24) is 0 Å². The molecule has 0 saturated carbocycles. The number of halogens is 1. The summed E-state index contributed by atoms with van der Waals surface area (Å²) in [5, 5.41) is 0. The van der Waals surface area contributed by atoms with E-state index in [9.17, 15) is 4.39 Å². The summed E-state index contributed by atoms with van der Waals surface area (Å²) in [6.45, 7) is 3.69. The first kappa shape index (κ1) is 12.7. The van der Waals surface area contributed by atoms with Crippen molar-refractivity contribution in [2.75, 3.05) is 0 Å². The Morgan fingerprint density at radius 3 is 1.74 bits per heavy atom. The number of hydrogen-bond donors (Lipinski definition) is 0. The van der Waals surface area contributed by atoms with Gasteiger partial charge in [0.05, 0.1) is 0 Å². The molecule has 0 aromatic heterocycles. The van der Waals surface area contributed by atoms with Gasteiger partial charge in [-0.05, 0) is 53.8 Å². The van der Waals surface area contributed by atoms with Crippen LogP contribution in [0.1, 0.15) is 16.7 Å². The highest BCUT2D eigenvalue weighted by Crippen LogP contribution is 2.04. The van der Waals surface area contributed by atoms with Crippen LogP contribution < -0.4 is 0 Å². The average molecular weight is 246 g/mol. The Morgan fingerprint density at radius 1 is 0.789 bits per heavy atom. The third kappa shape index (κ3) is 3.87. The molecule has 2 aromatic carbocycles. The molecule has 0 aliphatic rings. The highest BCUT2D eigenvalue weighted by Gasteiger charge is 1.88. The Bertz CT molecular complexity index is 684. The lowest BCUT2D eigenvalue weighted by Crippen LogP contribution is -1.76. The SMILES string of the molecule is C=Cc1ccc(C#CC#Cc2ccc(F)cc2)cc1. The minimum atomic E-state index is -0.265. The Labute approximate surface area is 112 Å². The van der Waals surface area contributed by atoms with Crippen LogP contribution in [0.25, 0.3) is 6.08 Å². The van der Waals surface area contributed by atoms with E-state index in [0.29, 0.717) is 0 Å². The van der Waals surface area contributed by atoms with Gasteiger partial charge in [-0.3, -0.25) is 0 Å². The van der Waals surface area contributed by atoms with Crippen LogP contribution in [0, 0.1) is 29.5 Å². The summed E-state index contributed by atoms with van der Waals surface area (Å²) < 4.78 is 12.7. The number of benzene rings is 2. The normalized spacial score (nSPS) is 8.68. The van der Waals surface area contributed by atoms with Gasteiger partial charge in [0, 0.05) is 11.1 Å². The molecule has 2 rings (SSSR count). The van der Waals surface area contributed by atoms with Crippen molar-refractivity contribution in [3.63, 3.8) is 0 Å². The molecule has 0 fully saturated rings. The van der Waals surface area contributed by atoms with E-state index >= 15 is 0 Å². The van der Waals surface area contributed by atoms with E-state index in [1.165, 1.54) is 12.1 Å². The second kappa shape index (κ2) is 6.24. The lowest BCUT2D eigenvalue weighted by atomic mass is 10.1. The molecule has 0 atom stereocenters. The zero-order valence-electron chi connectivity index (χ0n) is 10.3. The Hall–Kier alpha value is -2.77. The maximum Gasteiger partial charge on any atom is 0.123 e. The molecule has 0 aliphatic carbocycles. The Balaban J connectivity index is 2.08. The quantitative estimate of drug-likeness (QED) is 0.670. The molecule has 0 radical (unpaired) electrons. The number of hydrogen-bond acceptors (Lipinski definition) is 0. The molecule has 90 valence electrons. The fourth-order valence-corrected chi connectivity index (χ4v) is 1.44. The van der Waals surface area contributed by atoms with Crippen LogP contribution in [0.3, 0.4) is 0 Å². The third-order valence-electron chi connectivity index (χ3n) is 2.47. The summed E-state index contributed by atoms with van der Waals surface area (Å²) in [6, 6.07) is 13.8. The fraction of sp³-hybridized carbons (Fsp3) is 0. The van der Waals surface area contributed by atoms with Gasteiger partial charge in [0.15, 0.2) is 0 Å². The van der Waals surface area contributed by atoms with Gasteiger partial charge in [-0.25, -0.2) is 4.39 Å². The third-order valence-corrected chi connectivity index (χ3v) is 2.47. The van der Waals surface area contributed by atoms with Crippen molar-refractivity contribution < 1.29 is 4.39 Å². The minimum Gasteiger partial charge on any atom is -0.207 e. The Morgan fingerprint density at radius 2 is 1.26 bits per heavy atom. The van der Waals surface area contributed by atoms with Gasteiger partial charge in [0.25, 0.3) is 0 Å². The van der Waals surface area contributed by atoms with E-state index in [4.69, 9.17) is 0 Å². The standard InChI is InChI=1S/C18H11F/c1-2-15-7-9-16(10-8-15)5-3-4-6-17-11-13-18(19)14-12-17/h2,7-14H,1H2. The van der Waals surface area contributed by atoms with Crippen LogP contribution in [0.5, 0.6) is 0 Å². The first-order valence-corrected chi connectivity index (χ1v) is 5.78. The number of rotatable bonds is 1. The van der Waals surface area contributed by atoms with Crippen molar-refractivity contribution in [2.24, 2.45) is 0 Å². The highest BCUT2D eigenvalue weighted by molar-refractivity contribution is 5.50. The summed E-state index contributed by atoms with van der Waals surface area (Å²) in [7, 11) is 0. The van der Waals surface area contributed by atoms with E-state index in [-0.39, 0.29) is 5.82 Å². The molecule has 0 spiro atoms. The molecule has 19 heavy (non-hydrogen) atoms. The molecule has 0 saturated heterocycles. The molecule has 0 unspecified atom stereocenters. The lowest BCUT2D eigenvalue weighted by molar-refractivity contribution is 0.627. The van der Waals surface area contributed by atoms with Crippen LogP contribution in [-0.4, -0.2) is 0 Å². The van der Waals surface area contributed by atoms with Crippen molar-refractivity contribution in [3.05, 3.63) is 77.6 Å². The van der Waals surface area contributed by atoms with E-state index in [1.54, 1.807) is 18.2 Å². The lowest BCUT2D eigenvalue weighted by Gasteiger charge is -1.91. The molecule has 2 aromatic rings. The maximum atomic E-state index is 12.7. The van der Waals surface area contributed by atoms with Crippen LogP contribution >= 0.6 is 0 Å². The minimum absolute atomic E-state index is 0.265. The molecule has 0 heterocycles. The van der Waals surface area contributed by atoms with E-state index in [1.807, 2.05) is 24.3 Å². The van der Waals surface area contributed by atoms with Crippen molar-refractivity contribution in [1.29, 1.82) is 0 Å². The van der Waals surface area contributed by atoms with Crippen molar-refractivity contribution >= 4 is 6.08 Å². The second-order valence-electron chi connectivity index (χ2n) is 3.83. The van der Waals surface area contributed by atoms with Crippen LogP contribution in [0.4, 0.5) is 4.39 Å². The smallest absolute Gasteiger partial charge is 0.123 e. The maximum absolute atomic E-state index is 12.7. The molecule has 0 N–H and O–H groups in total. The van der Waals surface area contributed by atoms with Crippen LogP contribution in [-0.2, 0) is 0 Å². The summed E-state index contributed by atoms with van der Waals surface area (Å²) in [6.07, 6.45) is 1.78. The first-order chi connectivity index (χ1) is 9.28.